The zero-order valence-electron chi connectivity index (χ0n) is 10.4. The van der Waals surface area contributed by atoms with Crippen LogP contribution in [0.1, 0.15) is 0 Å². The number of carbonyl (C=O) groups is 1. The molecule has 1 N–H and O–H groups in total. The van der Waals surface area contributed by atoms with E-state index >= 15 is 0 Å². The highest BCUT2D eigenvalue weighted by atomic mass is 35.5. The van der Waals surface area contributed by atoms with Crippen molar-refractivity contribution in [2.45, 2.75) is 5.60 Å². The maximum atomic E-state index is 12.0. The SMILES string of the molecule is O=C1O[C@@]2(CNCCOC2)CN1c1cccc(Cl)c1. The van der Waals surface area contributed by atoms with Crippen molar-refractivity contribution in [2.24, 2.45) is 0 Å². The first-order valence-electron chi connectivity index (χ1n) is 6.23. The Labute approximate surface area is 116 Å². The Morgan fingerprint density at radius 2 is 2.32 bits per heavy atom. The Kier molecular flexibility index (Phi) is 3.35. The van der Waals surface area contributed by atoms with E-state index in [1.165, 1.54) is 0 Å². The van der Waals surface area contributed by atoms with Crippen molar-refractivity contribution >= 4 is 23.4 Å². The van der Waals surface area contributed by atoms with Crippen molar-refractivity contribution in [2.75, 3.05) is 37.7 Å². The number of benzene rings is 1. The zero-order chi connectivity index (χ0) is 13.3. The highest BCUT2D eigenvalue weighted by Gasteiger charge is 2.46. The maximum Gasteiger partial charge on any atom is 0.415 e. The van der Waals surface area contributed by atoms with Gasteiger partial charge in [0.15, 0.2) is 5.60 Å². The normalized spacial score (nSPS) is 27.4. The number of rotatable bonds is 1. The van der Waals surface area contributed by atoms with Crippen LogP contribution in [0.15, 0.2) is 24.3 Å². The maximum absolute atomic E-state index is 12.0. The highest BCUT2D eigenvalue weighted by Crippen LogP contribution is 2.30. The van der Waals surface area contributed by atoms with Gasteiger partial charge in [0.2, 0.25) is 0 Å². The van der Waals surface area contributed by atoms with E-state index in [0.29, 0.717) is 31.3 Å². The molecule has 6 heteroatoms. The molecule has 1 atom stereocenters. The van der Waals surface area contributed by atoms with Crippen molar-refractivity contribution in [3.05, 3.63) is 29.3 Å². The molecule has 102 valence electrons. The average Bonchev–Trinajstić information content (AvgIpc) is 2.57. The van der Waals surface area contributed by atoms with Crippen molar-refractivity contribution in [1.82, 2.24) is 5.32 Å². The number of amides is 1. The van der Waals surface area contributed by atoms with Gasteiger partial charge in [-0.2, -0.15) is 0 Å². The van der Waals surface area contributed by atoms with Gasteiger partial charge in [-0.1, -0.05) is 17.7 Å². The lowest BCUT2D eigenvalue weighted by atomic mass is 10.1. The van der Waals surface area contributed by atoms with Crippen molar-refractivity contribution in [1.29, 1.82) is 0 Å². The summed E-state index contributed by atoms with van der Waals surface area (Å²) in [6.07, 6.45) is -0.352. The Morgan fingerprint density at radius 1 is 1.42 bits per heavy atom. The van der Waals surface area contributed by atoms with Crippen LogP contribution < -0.4 is 10.2 Å². The number of carbonyl (C=O) groups excluding carboxylic acids is 1. The molecular formula is C13H15ClN2O3. The number of ether oxygens (including phenoxy) is 2. The lowest BCUT2D eigenvalue weighted by Crippen LogP contribution is -2.46. The van der Waals surface area contributed by atoms with E-state index in [-0.39, 0.29) is 6.09 Å². The second-order valence-electron chi connectivity index (χ2n) is 4.85. The molecular weight excluding hydrogens is 268 g/mol. The summed E-state index contributed by atoms with van der Waals surface area (Å²) in [5, 5.41) is 3.83. The van der Waals surface area contributed by atoms with Gasteiger partial charge in [0, 0.05) is 23.8 Å². The van der Waals surface area contributed by atoms with E-state index in [4.69, 9.17) is 21.1 Å². The van der Waals surface area contributed by atoms with Crippen molar-refractivity contribution in [3.63, 3.8) is 0 Å². The molecule has 2 aliphatic heterocycles. The minimum Gasteiger partial charge on any atom is -0.437 e. The Hall–Kier alpha value is -1.30. The number of hydrogen-bond donors (Lipinski definition) is 1. The number of nitrogens with zero attached hydrogens (tertiary/aromatic N) is 1. The van der Waals surface area contributed by atoms with E-state index < -0.39 is 5.60 Å². The molecule has 2 heterocycles. The minimum atomic E-state index is -0.601. The lowest BCUT2D eigenvalue weighted by Gasteiger charge is -2.24. The zero-order valence-corrected chi connectivity index (χ0v) is 11.2. The predicted molar refractivity (Wildman–Crippen MR) is 71.7 cm³/mol. The standard InChI is InChI=1S/C13H15ClN2O3/c14-10-2-1-3-11(6-10)16-8-13(19-12(16)17)7-15-4-5-18-9-13/h1-3,6,15H,4-5,7-9H2/t13-/m0/s1. The highest BCUT2D eigenvalue weighted by molar-refractivity contribution is 6.30. The van der Waals surface area contributed by atoms with Crippen LogP contribution in [-0.4, -0.2) is 44.5 Å². The predicted octanol–water partition coefficient (Wildman–Crippen LogP) is 1.66. The fourth-order valence-electron chi connectivity index (χ4n) is 2.40. The lowest BCUT2D eigenvalue weighted by molar-refractivity contribution is -0.00744. The van der Waals surface area contributed by atoms with E-state index in [2.05, 4.69) is 5.32 Å². The van der Waals surface area contributed by atoms with Crippen LogP contribution in [0.5, 0.6) is 0 Å². The quantitative estimate of drug-likeness (QED) is 0.851. The molecule has 1 amide bonds. The summed E-state index contributed by atoms with van der Waals surface area (Å²) < 4.78 is 11.0. The fraction of sp³-hybridized carbons (Fsp3) is 0.462. The molecule has 0 aromatic heterocycles. The molecule has 1 aromatic rings. The van der Waals surface area contributed by atoms with Gasteiger partial charge in [-0.05, 0) is 18.2 Å². The van der Waals surface area contributed by atoms with Crippen LogP contribution in [0, 0.1) is 0 Å². The minimum absolute atomic E-state index is 0.352. The monoisotopic (exact) mass is 282 g/mol. The number of hydrogen-bond acceptors (Lipinski definition) is 4. The van der Waals surface area contributed by atoms with Crippen molar-refractivity contribution in [3.8, 4) is 0 Å². The summed E-state index contributed by atoms with van der Waals surface area (Å²) >= 11 is 5.96. The largest absolute Gasteiger partial charge is 0.437 e. The van der Waals surface area contributed by atoms with Gasteiger partial charge in [-0.15, -0.1) is 0 Å². The summed E-state index contributed by atoms with van der Waals surface area (Å²) in [5.41, 5.74) is 0.147. The van der Waals surface area contributed by atoms with Gasteiger partial charge >= 0.3 is 6.09 Å². The van der Waals surface area contributed by atoms with Crippen LogP contribution in [-0.2, 0) is 9.47 Å². The van der Waals surface area contributed by atoms with E-state index in [9.17, 15) is 4.79 Å². The summed E-state index contributed by atoms with van der Waals surface area (Å²) in [6.45, 7) is 2.91. The molecule has 3 rings (SSSR count). The molecule has 0 radical (unpaired) electrons. The topological polar surface area (TPSA) is 50.8 Å². The van der Waals surface area contributed by atoms with Crippen LogP contribution >= 0.6 is 11.6 Å². The first-order chi connectivity index (χ1) is 9.19. The van der Waals surface area contributed by atoms with Gasteiger partial charge in [-0.25, -0.2) is 4.79 Å². The smallest absolute Gasteiger partial charge is 0.415 e. The van der Waals surface area contributed by atoms with Crippen LogP contribution in [0.4, 0.5) is 10.5 Å². The Balaban J connectivity index is 1.83. The first-order valence-corrected chi connectivity index (χ1v) is 6.61. The van der Waals surface area contributed by atoms with Gasteiger partial charge in [0.25, 0.3) is 0 Å². The molecule has 1 spiro atoms. The van der Waals surface area contributed by atoms with Crippen LogP contribution in [0.2, 0.25) is 5.02 Å². The van der Waals surface area contributed by atoms with Crippen LogP contribution in [0.25, 0.3) is 0 Å². The molecule has 0 unspecified atom stereocenters. The summed E-state index contributed by atoms with van der Waals surface area (Å²) in [4.78, 5) is 13.6. The molecule has 19 heavy (non-hydrogen) atoms. The summed E-state index contributed by atoms with van der Waals surface area (Å²) in [5.74, 6) is 0. The van der Waals surface area contributed by atoms with Crippen molar-refractivity contribution < 1.29 is 14.3 Å². The number of nitrogens with one attached hydrogen (secondary N) is 1. The Bertz CT molecular complexity index is 487. The molecule has 0 aliphatic carbocycles. The van der Waals surface area contributed by atoms with Gasteiger partial charge in [-0.3, -0.25) is 4.90 Å². The molecule has 2 fully saturated rings. The van der Waals surface area contributed by atoms with Gasteiger partial charge < -0.3 is 14.8 Å². The summed E-state index contributed by atoms with van der Waals surface area (Å²) in [6, 6.07) is 7.19. The van der Waals surface area contributed by atoms with Crippen LogP contribution in [0.3, 0.4) is 0 Å². The fourth-order valence-corrected chi connectivity index (χ4v) is 2.59. The third-order valence-corrected chi connectivity index (χ3v) is 3.56. The van der Waals surface area contributed by atoms with E-state index in [0.717, 1.165) is 12.2 Å². The molecule has 1 aromatic carbocycles. The molecule has 0 bridgehead atoms. The third kappa shape index (κ3) is 2.54. The molecule has 2 saturated heterocycles. The summed E-state index contributed by atoms with van der Waals surface area (Å²) in [7, 11) is 0. The second kappa shape index (κ2) is 5.00. The Morgan fingerprint density at radius 3 is 3.16 bits per heavy atom. The molecule has 5 nitrogen and oxygen atoms in total. The third-order valence-electron chi connectivity index (χ3n) is 3.33. The molecule has 0 saturated carbocycles. The first kappa shape index (κ1) is 12.7. The number of anilines is 1. The van der Waals surface area contributed by atoms with E-state index in [1.807, 2.05) is 12.1 Å². The number of halogens is 1. The second-order valence-corrected chi connectivity index (χ2v) is 5.28. The van der Waals surface area contributed by atoms with E-state index in [1.54, 1.807) is 17.0 Å². The molecule has 2 aliphatic rings. The average molecular weight is 283 g/mol. The van der Waals surface area contributed by atoms with Gasteiger partial charge in [0.05, 0.1) is 19.8 Å². The van der Waals surface area contributed by atoms with Gasteiger partial charge in [0.1, 0.15) is 0 Å².